The summed E-state index contributed by atoms with van der Waals surface area (Å²) in [5, 5.41) is 3.02. The number of ether oxygens (including phenoxy) is 1. The smallest absolute Gasteiger partial charge is 0.230 e. The number of oxazole rings is 1. The van der Waals surface area contributed by atoms with Crippen LogP contribution in [0.3, 0.4) is 0 Å². The molecule has 2 aromatic carbocycles. The number of carbonyl (C=O) groups is 1. The maximum Gasteiger partial charge on any atom is 0.230 e. The van der Waals surface area contributed by atoms with Gasteiger partial charge in [0.25, 0.3) is 0 Å². The highest BCUT2D eigenvalue weighted by molar-refractivity contribution is 7.99. The number of aryl methyl sites for hydroxylation is 1. The van der Waals surface area contributed by atoms with Crippen molar-refractivity contribution < 1.29 is 13.9 Å². The molecule has 1 amide bonds. The number of thioether (sulfide) groups is 1. The third-order valence-corrected chi connectivity index (χ3v) is 5.32. The second-order valence-corrected chi connectivity index (χ2v) is 7.43. The highest BCUT2D eigenvalue weighted by Gasteiger charge is 2.13. The van der Waals surface area contributed by atoms with E-state index < -0.39 is 0 Å². The van der Waals surface area contributed by atoms with Crippen LogP contribution in [0.25, 0.3) is 11.5 Å². The Morgan fingerprint density at radius 1 is 1.18 bits per heavy atom. The van der Waals surface area contributed by atoms with E-state index in [-0.39, 0.29) is 11.9 Å². The van der Waals surface area contributed by atoms with E-state index in [0.717, 1.165) is 28.3 Å². The number of methoxy groups -OCH3 is 1. The minimum absolute atomic E-state index is 0.00948. The molecule has 0 radical (unpaired) electrons. The quantitative estimate of drug-likeness (QED) is 0.594. The summed E-state index contributed by atoms with van der Waals surface area (Å²) in [4.78, 5) is 16.8. The third-order valence-electron chi connectivity index (χ3n) is 4.38. The molecule has 0 aliphatic carbocycles. The summed E-state index contributed by atoms with van der Waals surface area (Å²) in [6.45, 7) is 3.88. The van der Waals surface area contributed by atoms with Crippen LogP contribution in [0.5, 0.6) is 5.75 Å². The molecular formula is C22H24N2O3S. The second-order valence-electron chi connectivity index (χ2n) is 6.44. The zero-order valence-electron chi connectivity index (χ0n) is 16.3. The number of hydrogen-bond donors (Lipinski definition) is 1. The fourth-order valence-electron chi connectivity index (χ4n) is 2.77. The Kier molecular flexibility index (Phi) is 6.76. The Balaban J connectivity index is 1.52. The molecule has 6 heteroatoms. The van der Waals surface area contributed by atoms with Crippen LogP contribution in [-0.4, -0.2) is 23.8 Å². The number of amides is 1. The Morgan fingerprint density at radius 2 is 1.89 bits per heavy atom. The molecule has 1 unspecified atom stereocenters. The molecule has 1 atom stereocenters. The molecule has 0 saturated carbocycles. The van der Waals surface area contributed by atoms with Gasteiger partial charge in [-0.3, -0.25) is 4.79 Å². The SMILES string of the molecule is COc1ccc(-c2nc(CSCC(=O)NC(C)c3ccccc3)c(C)o2)cc1. The minimum atomic E-state index is -0.00948. The molecule has 5 nitrogen and oxygen atoms in total. The molecule has 0 fully saturated rings. The van der Waals surface area contributed by atoms with Crippen molar-refractivity contribution in [3.8, 4) is 17.2 Å². The topological polar surface area (TPSA) is 64.4 Å². The Labute approximate surface area is 169 Å². The van der Waals surface area contributed by atoms with E-state index in [4.69, 9.17) is 9.15 Å². The van der Waals surface area contributed by atoms with Crippen molar-refractivity contribution in [1.82, 2.24) is 10.3 Å². The van der Waals surface area contributed by atoms with Crippen molar-refractivity contribution >= 4 is 17.7 Å². The molecular weight excluding hydrogens is 372 g/mol. The van der Waals surface area contributed by atoms with Crippen LogP contribution in [0, 0.1) is 6.92 Å². The largest absolute Gasteiger partial charge is 0.497 e. The van der Waals surface area contributed by atoms with Crippen molar-refractivity contribution in [3.63, 3.8) is 0 Å². The van der Waals surface area contributed by atoms with E-state index in [2.05, 4.69) is 10.3 Å². The Bertz CT molecular complexity index is 907. The summed E-state index contributed by atoms with van der Waals surface area (Å²) in [5.41, 5.74) is 2.85. The lowest BCUT2D eigenvalue weighted by Gasteiger charge is -2.13. The molecule has 0 bridgehead atoms. The highest BCUT2D eigenvalue weighted by atomic mass is 32.2. The summed E-state index contributed by atoms with van der Waals surface area (Å²) in [6, 6.07) is 17.5. The average Bonchev–Trinajstić information content (AvgIpc) is 3.09. The summed E-state index contributed by atoms with van der Waals surface area (Å²) in [7, 11) is 1.64. The van der Waals surface area contributed by atoms with Crippen LogP contribution < -0.4 is 10.1 Å². The van der Waals surface area contributed by atoms with Crippen LogP contribution in [-0.2, 0) is 10.5 Å². The van der Waals surface area contributed by atoms with Crippen LogP contribution in [0.15, 0.2) is 59.0 Å². The van der Waals surface area contributed by atoms with Crippen molar-refractivity contribution in [2.75, 3.05) is 12.9 Å². The summed E-state index contributed by atoms with van der Waals surface area (Å²) in [6.07, 6.45) is 0. The van der Waals surface area contributed by atoms with E-state index in [1.807, 2.05) is 68.4 Å². The molecule has 1 N–H and O–H groups in total. The molecule has 3 aromatic rings. The maximum absolute atomic E-state index is 12.2. The lowest BCUT2D eigenvalue weighted by atomic mass is 10.1. The molecule has 0 aliphatic heterocycles. The monoisotopic (exact) mass is 396 g/mol. The fourth-order valence-corrected chi connectivity index (χ4v) is 3.60. The molecule has 1 heterocycles. The predicted molar refractivity (Wildman–Crippen MR) is 112 cm³/mol. The first kappa shape index (κ1) is 20.0. The van der Waals surface area contributed by atoms with Gasteiger partial charge < -0.3 is 14.5 Å². The van der Waals surface area contributed by atoms with Gasteiger partial charge in [-0.05, 0) is 43.7 Å². The van der Waals surface area contributed by atoms with Gasteiger partial charge in [-0.15, -0.1) is 11.8 Å². The maximum atomic E-state index is 12.2. The number of rotatable bonds is 8. The van der Waals surface area contributed by atoms with Gasteiger partial charge in [0, 0.05) is 11.3 Å². The molecule has 1 aromatic heterocycles. The Hall–Kier alpha value is -2.73. The lowest BCUT2D eigenvalue weighted by Crippen LogP contribution is -2.28. The van der Waals surface area contributed by atoms with Gasteiger partial charge in [0.05, 0.1) is 24.6 Å². The van der Waals surface area contributed by atoms with Crippen LogP contribution >= 0.6 is 11.8 Å². The van der Waals surface area contributed by atoms with E-state index >= 15 is 0 Å². The van der Waals surface area contributed by atoms with E-state index in [1.54, 1.807) is 7.11 Å². The Morgan fingerprint density at radius 3 is 2.57 bits per heavy atom. The lowest BCUT2D eigenvalue weighted by molar-refractivity contribution is -0.119. The zero-order valence-corrected chi connectivity index (χ0v) is 17.1. The fraction of sp³-hybridized carbons (Fsp3) is 0.273. The van der Waals surface area contributed by atoms with Gasteiger partial charge in [0.2, 0.25) is 11.8 Å². The van der Waals surface area contributed by atoms with Crippen molar-refractivity contribution in [2.24, 2.45) is 0 Å². The molecule has 0 saturated heterocycles. The van der Waals surface area contributed by atoms with Gasteiger partial charge in [0.15, 0.2) is 0 Å². The van der Waals surface area contributed by atoms with E-state index in [1.165, 1.54) is 11.8 Å². The van der Waals surface area contributed by atoms with E-state index in [0.29, 0.717) is 17.4 Å². The first-order valence-electron chi connectivity index (χ1n) is 9.09. The van der Waals surface area contributed by atoms with Crippen molar-refractivity contribution in [1.29, 1.82) is 0 Å². The summed E-state index contributed by atoms with van der Waals surface area (Å²) >= 11 is 1.53. The van der Waals surface area contributed by atoms with Crippen molar-refractivity contribution in [3.05, 3.63) is 71.6 Å². The first-order valence-corrected chi connectivity index (χ1v) is 10.2. The molecule has 3 rings (SSSR count). The van der Waals surface area contributed by atoms with E-state index in [9.17, 15) is 4.79 Å². The number of aromatic nitrogens is 1. The second kappa shape index (κ2) is 9.46. The predicted octanol–water partition coefficient (Wildman–Crippen LogP) is 4.77. The third kappa shape index (κ3) is 5.16. The standard InChI is InChI=1S/C22H24N2O3S/c1-15(17-7-5-4-6-8-17)23-21(25)14-28-13-20-16(2)27-22(24-20)18-9-11-19(26-3)12-10-18/h4-12,15H,13-14H2,1-3H3,(H,23,25). The van der Waals surface area contributed by atoms with Crippen LogP contribution in [0.4, 0.5) is 0 Å². The van der Waals surface area contributed by atoms with Crippen LogP contribution in [0.1, 0.15) is 30.0 Å². The number of nitrogens with zero attached hydrogens (tertiary/aromatic N) is 1. The minimum Gasteiger partial charge on any atom is -0.497 e. The van der Waals surface area contributed by atoms with Gasteiger partial charge in [-0.1, -0.05) is 30.3 Å². The molecule has 0 spiro atoms. The number of nitrogens with one attached hydrogen (secondary N) is 1. The van der Waals surface area contributed by atoms with Gasteiger partial charge in [-0.2, -0.15) is 0 Å². The van der Waals surface area contributed by atoms with Gasteiger partial charge in [-0.25, -0.2) is 4.98 Å². The average molecular weight is 397 g/mol. The van der Waals surface area contributed by atoms with Gasteiger partial charge >= 0.3 is 0 Å². The number of carbonyl (C=O) groups excluding carboxylic acids is 1. The highest BCUT2D eigenvalue weighted by Crippen LogP contribution is 2.26. The van der Waals surface area contributed by atoms with Crippen LogP contribution in [0.2, 0.25) is 0 Å². The number of benzene rings is 2. The summed E-state index contributed by atoms with van der Waals surface area (Å²) < 4.78 is 11.0. The normalized spacial score (nSPS) is 11.8. The first-order chi connectivity index (χ1) is 13.6. The number of hydrogen-bond acceptors (Lipinski definition) is 5. The molecule has 146 valence electrons. The molecule has 0 aliphatic rings. The van der Waals surface area contributed by atoms with Crippen molar-refractivity contribution in [2.45, 2.75) is 25.6 Å². The van der Waals surface area contributed by atoms with Gasteiger partial charge in [0.1, 0.15) is 11.5 Å². The molecule has 28 heavy (non-hydrogen) atoms. The summed E-state index contributed by atoms with van der Waals surface area (Å²) in [5.74, 6) is 3.16. The zero-order chi connectivity index (χ0) is 19.9.